The standard InChI is InChI=1S/C12H12FNO2/c1-2-11(8-14)16-12(15)7-9-3-5-10(13)6-4-9/h3-6,11H,2,7H2,1H3/t11-/m0/s1. The maximum atomic E-state index is 12.6. The largest absolute Gasteiger partial charge is 0.447 e. The van der Waals surface area contributed by atoms with Crippen molar-refractivity contribution in [1.82, 2.24) is 0 Å². The Morgan fingerprint density at radius 2 is 2.12 bits per heavy atom. The molecule has 3 nitrogen and oxygen atoms in total. The zero-order chi connectivity index (χ0) is 12.0. The van der Waals surface area contributed by atoms with Gasteiger partial charge in [-0.15, -0.1) is 0 Å². The number of carbonyl (C=O) groups is 1. The summed E-state index contributed by atoms with van der Waals surface area (Å²) in [6.07, 6.45) is -0.183. The minimum Gasteiger partial charge on any atom is -0.447 e. The Kier molecular flexibility index (Phi) is 4.46. The summed E-state index contributed by atoms with van der Waals surface area (Å²) in [4.78, 5) is 11.4. The summed E-state index contributed by atoms with van der Waals surface area (Å²) < 4.78 is 17.5. The summed E-state index contributed by atoms with van der Waals surface area (Å²) in [6.45, 7) is 1.76. The van der Waals surface area contributed by atoms with Crippen molar-refractivity contribution in [3.05, 3.63) is 35.6 Å². The number of hydrogen-bond donors (Lipinski definition) is 0. The molecule has 1 aromatic rings. The van der Waals surface area contributed by atoms with Gasteiger partial charge in [0.15, 0.2) is 6.10 Å². The molecule has 0 saturated heterocycles. The third kappa shape index (κ3) is 3.70. The first-order chi connectivity index (χ1) is 7.65. The van der Waals surface area contributed by atoms with Gasteiger partial charge in [0, 0.05) is 0 Å². The molecular weight excluding hydrogens is 209 g/mol. The number of ether oxygens (including phenoxy) is 1. The highest BCUT2D eigenvalue weighted by atomic mass is 19.1. The maximum Gasteiger partial charge on any atom is 0.311 e. The van der Waals surface area contributed by atoms with Crippen molar-refractivity contribution in [2.75, 3.05) is 0 Å². The van der Waals surface area contributed by atoms with E-state index in [0.717, 1.165) is 0 Å². The minimum absolute atomic E-state index is 0.0540. The first kappa shape index (κ1) is 12.2. The Morgan fingerprint density at radius 1 is 1.50 bits per heavy atom. The van der Waals surface area contributed by atoms with Crippen molar-refractivity contribution in [2.45, 2.75) is 25.9 Å². The second-order valence-corrected chi connectivity index (χ2v) is 3.32. The second-order valence-electron chi connectivity index (χ2n) is 3.32. The highest BCUT2D eigenvalue weighted by Crippen LogP contribution is 2.06. The molecule has 0 N–H and O–H groups in total. The van der Waals surface area contributed by atoms with Crippen LogP contribution >= 0.6 is 0 Å². The van der Waals surface area contributed by atoms with E-state index < -0.39 is 12.1 Å². The molecule has 16 heavy (non-hydrogen) atoms. The summed E-state index contributed by atoms with van der Waals surface area (Å²) >= 11 is 0. The summed E-state index contributed by atoms with van der Waals surface area (Å²) in [5.74, 6) is -0.819. The zero-order valence-corrected chi connectivity index (χ0v) is 8.94. The van der Waals surface area contributed by atoms with Crippen LogP contribution in [0.2, 0.25) is 0 Å². The van der Waals surface area contributed by atoms with Gasteiger partial charge in [-0.1, -0.05) is 19.1 Å². The summed E-state index contributed by atoms with van der Waals surface area (Å²) in [6, 6.07) is 7.47. The molecular formula is C12H12FNO2. The van der Waals surface area contributed by atoms with Gasteiger partial charge >= 0.3 is 5.97 Å². The molecule has 1 rings (SSSR count). The average molecular weight is 221 g/mol. The van der Waals surface area contributed by atoms with Crippen LogP contribution in [0, 0.1) is 17.1 Å². The van der Waals surface area contributed by atoms with Crippen LogP contribution in [0.4, 0.5) is 4.39 Å². The molecule has 0 aliphatic heterocycles. The molecule has 4 heteroatoms. The highest BCUT2D eigenvalue weighted by Gasteiger charge is 2.11. The number of nitriles is 1. The van der Waals surface area contributed by atoms with Gasteiger partial charge in [0.05, 0.1) is 6.42 Å². The van der Waals surface area contributed by atoms with Crippen molar-refractivity contribution in [3.8, 4) is 6.07 Å². The molecule has 0 aliphatic carbocycles. The molecule has 0 unspecified atom stereocenters. The number of nitrogens with zero attached hydrogens (tertiary/aromatic N) is 1. The smallest absolute Gasteiger partial charge is 0.311 e. The quantitative estimate of drug-likeness (QED) is 0.732. The molecule has 0 amide bonds. The first-order valence-corrected chi connectivity index (χ1v) is 4.99. The number of hydrogen-bond acceptors (Lipinski definition) is 3. The fraction of sp³-hybridized carbons (Fsp3) is 0.333. The van der Waals surface area contributed by atoms with E-state index in [1.165, 1.54) is 24.3 Å². The van der Waals surface area contributed by atoms with Crippen LogP contribution in [-0.2, 0) is 16.0 Å². The van der Waals surface area contributed by atoms with Gasteiger partial charge in [-0.3, -0.25) is 4.79 Å². The molecule has 0 saturated carbocycles. The van der Waals surface area contributed by atoms with Crippen molar-refractivity contribution in [3.63, 3.8) is 0 Å². The number of benzene rings is 1. The lowest BCUT2D eigenvalue weighted by molar-refractivity contribution is -0.145. The van der Waals surface area contributed by atoms with Crippen LogP contribution in [0.25, 0.3) is 0 Å². The average Bonchev–Trinajstić information content (AvgIpc) is 2.29. The Morgan fingerprint density at radius 3 is 2.62 bits per heavy atom. The van der Waals surface area contributed by atoms with E-state index in [1.54, 1.807) is 6.92 Å². The molecule has 0 aromatic heterocycles. The van der Waals surface area contributed by atoms with Crippen LogP contribution in [-0.4, -0.2) is 12.1 Å². The lowest BCUT2D eigenvalue weighted by Gasteiger charge is -2.08. The van der Waals surface area contributed by atoms with Gasteiger partial charge < -0.3 is 4.74 Å². The van der Waals surface area contributed by atoms with E-state index in [0.29, 0.717) is 12.0 Å². The van der Waals surface area contributed by atoms with Gasteiger partial charge in [0.2, 0.25) is 0 Å². The molecule has 0 fully saturated rings. The molecule has 0 radical (unpaired) electrons. The summed E-state index contributed by atoms with van der Waals surface area (Å²) in [7, 11) is 0. The van der Waals surface area contributed by atoms with E-state index in [1.807, 2.05) is 6.07 Å². The molecule has 84 valence electrons. The van der Waals surface area contributed by atoms with Crippen LogP contribution in [0.15, 0.2) is 24.3 Å². The fourth-order valence-electron chi connectivity index (χ4n) is 1.17. The molecule has 0 aliphatic rings. The van der Waals surface area contributed by atoms with Gasteiger partial charge in [0.1, 0.15) is 11.9 Å². The molecule has 0 spiro atoms. The zero-order valence-electron chi connectivity index (χ0n) is 8.94. The number of rotatable bonds is 4. The Bertz CT molecular complexity index is 394. The SMILES string of the molecule is CC[C@@H](C#N)OC(=O)Cc1ccc(F)cc1. The summed E-state index contributed by atoms with van der Waals surface area (Å²) in [5, 5.41) is 8.60. The van der Waals surface area contributed by atoms with Crippen molar-refractivity contribution >= 4 is 5.97 Å². The molecule has 1 atom stereocenters. The van der Waals surface area contributed by atoms with Gasteiger partial charge in [-0.25, -0.2) is 4.39 Å². The van der Waals surface area contributed by atoms with Crippen molar-refractivity contribution in [1.29, 1.82) is 5.26 Å². The topological polar surface area (TPSA) is 50.1 Å². The third-order valence-corrected chi connectivity index (χ3v) is 2.05. The predicted molar refractivity (Wildman–Crippen MR) is 55.9 cm³/mol. The van der Waals surface area contributed by atoms with Gasteiger partial charge in [0.25, 0.3) is 0 Å². The van der Waals surface area contributed by atoms with Crippen molar-refractivity contribution < 1.29 is 13.9 Å². The van der Waals surface area contributed by atoms with E-state index in [2.05, 4.69) is 0 Å². The molecule has 0 heterocycles. The molecule has 1 aromatic carbocycles. The monoisotopic (exact) mass is 221 g/mol. The van der Waals surface area contributed by atoms with Crippen LogP contribution in [0.5, 0.6) is 0 Å². The van der Waals surface area contributed by atoms with Crippen molar-refractivity contribution in [2.24, 2.45) is 0 Å². The van der Waals surface area contributed by atoms with Crippen LogP contribution in [0.3, 0.4) is 0 Å². The Labute approximate surface area is 93.5 Å². The van der Waals surface area contributed by atoms with Gasteiger partial charge in [-0.2, -0.15) is 5.26 Å². The predicted octanol–water partition coefficient (Wildman–Crippen LogP) is 2.21. The van der Waals surface area contributed by atoms with Crippen LogP contribution in [0.1, 0.15) is 18.9 Å². The lowest BCUT2D eigenvalue weighted by Crippen LogP contribution is -2.17. The highest BCUT2D eigenvalue weighted by molar-refractivity contribution is 5.72. The number of carbonyl (C=O) groups excluding carboxylic acids is 1. The third-order valence-electron chi connectivity index (χ3n) is 2.05. The Balaban J connectivity index is 2.52. The first-order valence-electron chi connectivity index (χ1n) is 4.99. The summed E-state index contributed by atoms with van der Waals surface area (Å²) in [5.41, 5.74) is 0.666. The van der Waals surface area contributed by atoms with E-state index in [4.69, 9.17) is 10.00 Å². The maximum absolute atomic E-state index is 12.6. The van der Waals surface area contributed by atoms with Crippen LogP contribution < -0.4 is 0 Å². The minimum atomic E-state index is -0.701. The second kappa shape index (κ2) is 5.86. The fourth-order valence-corrected chi connectivity index (χ4v) is 1.17. The lowest BCUT2D eigenvalue weighted by atomic mass is 10.1. The van der Waals surface area contributed by atoms with E-state index >= 15 is 0 Å². The normalized spacial score (nSPS) is 11.6. The molecule has 0 bridgehead atoms. The Hall–Kier alpha value is -1.89. The van der Waals surface area contributed by atoms with Gasteiger partial charge in [-0.05, 0) is 24.1 Å². The van der Waals surface area contributed by atoms with E-state index in [9.17, 15) is 9.18 Å². The number of halogens is 1. The number of esters is 1. The van der Waals surface area contributed by atoms with E-state index in [-0.39, 0.29) is 12.2 Å².